The molecular formula is C19H24N6. The third-order valence-electron chi connectivity index (χ3n) is 4.98. The van der Waals surface area contributed by atoms with E-state index in [1.807, 2.05) is 23.0 Å². The third kappa shape index (κ3) is 3.04. The van der Waals surface area contributed by atoms with Crippen LogP contribution in [0.1, 0.15) is 49.8 Å². The van der Waals surface area contributed by atoms with Crippen molar-refractivity contribution in [1.29, 1.82) is 0 Å². The monoisotopic (exact) mass is 336 g/mol. The average Bonchev–Trinajstić information content (AvgIpc) is 3.05. The van der Waals surface area contributed by atoms with Crippen LogP contribution in [0.2, 0.25) is 0 Å². The van der Waals surface area contributed by atoms with Crippen molar-refractivity contribution in [3.63, 3.8) is 0 Å². The van der Waals surface area contributed by atoms with Crippen LogP contribution in [-0.2, 0) is 0 Å². The van der Waals surface area contributed by atoms with Gasteiger partial charge in [-0.25, -0.2) is 9.50 Å². The molecule has 0 spiro atoms. The molecule has 1 saturated heterocycles. The van der Waals surface area contributed by atoms with Gasteiger partial charge >= 0.3 is 0 Å². The van der Waals surface area contributed by atoms with Crippen LogP contribution in [0.4, 0.5) is 11.8 Å². The van der Waals surface area contributed by atoms with Gasteiger partial charge in [0.2, 0.25) is 5.95 Å². The molecule has 0 saturated carbocycles. The molecule has 0 amide bonds. The minimum atomic E-state index is 0.337. The van der Waals surface area contributed by atoms with Crippen LogP contribution in [0, 0.1) is 0 Å². The second-order valence-electron chi connectivity index (χ2n) is 7.08. The average molecular weight is 336 g/mol. The summed E-state index contributed by atoms with van der Waals surface area (Å²) < 4.78 is 1.95. The summed E-state index contributed by atoms with van der Waals surface area (Å²) in [5, 5.41) is 4.50. The highest BCUT2D eigenvalue weighted by atomic mass is 15.2. The second-order valence-corrected chi connectivity index (χ2v) is 7.08. The number of aromatic nitrogens is 4. The normalized spacial score (nSPS) is 18.2. The summed E-state index contributed by atoms with van der Waals surface area (Å²) in [6.45, 7) is 6.20. The van der Waals surface area contributed by atoms with Crippen LogP contribution in [0.25, 0.3) is 5.52 Å². The van der Waals surface area contributed by atoms with Gasteiger partial charge in [0, 0.05) is 36.8 Å². The number of anilines is 2. The lowest BCUT2D eigenvalue weighted by Gasteiger charge is -2.33. The Labute approximate surface area is 147 Å². The van der Waals surface area contributed by atoms with E-state index < -0.39 is 0 Å². The number of piperidine rings is 1. The van der Waals surface area contributed by atoms with Crippen molar-refractivity contribution in [3.05, 3.63) is 47.9 Å². The fraction of sp³-hybridized carbons (Fsp3) is 0.421. The zero-order valence-electron chi connectivity index (χ0n) is 14.8. The van der Waals surface area contributed by atoms with E-state index in [2.05, 4.69) is 52.0 Å². The van der Waals surface area contributed by atoms with Crippen molar-refractivity contribution in [2.24, 2.45) is 0 Å². The van der Waals surface area contributed by atoms with Gasteiger partial charge in [-0.2, -0.15) is 10.1 Å². The molecule has 0 radical (unpaired) electrons. The van der Waals surface area contributed by atoms with Gasteiger partial charge in [-0.05, 0) is 30.9 Å². The van der Waals surface area contributed by atoms with E-state index in [9.17, 15) is 0 Å². The van der Waals surface area contributed by atoms with Gasteiger partial charge in [-0.1, -0.05) is 19.9 Å². The molecule has 1 fully saturated rings. The summed E-state index contributed by atoms with van der Waals surface area (Å²) in [5.74, 6) is 2.09. The Hall–Kier alpha value is -2.63. The third-order valence-corrected chi connectivity index (χ3v) is 4.98. The quantitative estimate of drug-likeness (QED) is 0.795. The number of hydrogen-bond donors (Lipinski definition) is 1. The molecule has 1 aliphatic rings. The van der Waals surface area contributed by atoms with Crippen molar-refractivity contribution in [2.45, 2.75) is 38.5 Å². The first-order chi connectivity index (χ1) is 12.1. The zero-order chi connectivity index (χ0) is 17.4. The number of rotatable bonds is 3. The number of nitrogens with zero attached hydrogens (tertiary/aromatic N) is 5. The molecule has 6 heteroatoms. The highest BCUT2D eigenvalue weighted by molar-refractivity contribution is 5.56. The van der Waals surface area contributed by atoms with Crippen molar-refractivity contribution in [1.82, 2.24) is 19.6 Å². The van der Waals surface area contributed by atoms with E-state index in [-0.39, 0.29) is 0 Å². The molecule has 0 aliphatic carbocycles. The lowest BCUT2D eigenvalue weighted by molar-refractivity contribution is 0.509. The molecule has 4 rings (SSSR count). The molecule has 3 aromatic rings. The van der Waals surface area contributed by atoms with Crippen LogP contribution in [0.3, 0.4) is 0 Å². The van der Waals surface area contributed by atoms with E-state index in [0.717, 1.165) is 31.0 Å². The zero-order valence-corrected chi connectivity index (χ0v) is 14.8. The number of nitrogens with two attached hydrogens (primary N) is 1. The Kier molecular flexibility index (Phi) is 4.03. The predicted octanol–water partition coefficient (Wildman–Crippen LogP) is 3.21. The molecule has 2 N–H and O–H groups in total. The van der Waals surface area contributed by atoms with E-state index in [1.54, 1.807) is 0 Å². The summed E-state index contributed by atoms with van der Waals surface area (Å²) in [5.41, 5.74) is 9.46. The van der Waals surface area contributed by atoms with Gasteiger partial charge in [0.15, 0.2) is 0 Å². The van der Waals surface area contributed by atoms with E-state index in [1.165, 1.54) is 17.5 Å². The molecule has 25 heavy (non-hydrogen) atoms. The second kappa shape index (κ2) is 6.35. The SMILES string of the molecule is CC(C)c1cc(N2CCCC(c3cnn4ccccc34)C2)nc(N)n1. The maximum absolute atomic E-state index is 5.95. The lowest BCUT2D eigenvalue weighted by Crippen LogP contribution is -2.35. The Bertz CT molecular complexity index is 885. The highest BCUT2D eigenvalue weighted by Crippen LogP contribution is 2.32. The van der Waals surface area contributed by atoms with Crippen molar-refractivity contribution in [3.8, 4) is 0 Å². The Morgan fingerprint density at radius 3 is 2.96 bits per heavy atom. The topological polar surface area (TPSA) is 72.3 Å². The first-order valence-corrected chi connectivity index (χ1v) is 8.93. The Morgan fingerprint density at radius 2 is 2.12 bits per heavy atom. The number of nitrogen functional groups attached to an aromatic ring is 1. The molecular weight excluding hydrogens is 312 g/mol. The fourth-order valence-corrected chi connectivity index (χ4v) is 3.64. The van der Waals surface area contributed by atoms with E-state index in [4.69, 9.17) is 5.73 Å². The molecule has 1 atom stereocenters. The molecule has 3 aromatic heterocycles. The number of fused-ring (bicyclic) bond motifs is 1. The molecule has 130 valence electrons. The standard InChI is InChI=1S/C19H24N6/c1-13(2)16-10-18(23-19(20)22-16)24-8-5-6-14(12-24)15-11-21-25-9-4-3-7-17(15)25/h3-4,7,9-11,13-14H,5-6,8,12H2,1-2H3,(H2,20,22,23). The first-order valence-electron chi connectivity index (χ1n) is 8.93. The van der Waals surface area contributed by atoms with E-state index >= 15 is 0 Å². The van der Waals surface area contributed by atoms with Crippen LogP contribution >= 0.6 is 0 Å². The van der Waals surface area contributed by atoms with Gasteiger partial charge in [0.25, 0.3) is 0 Å². The summed E-state index contributed by atoms with van der Waals surface area (Å²) in [6.07, 6.45) is 6.32. The maximum Gasteiger partial charge on any atom is 0.222 e. The van der Waals surface area contributed by atoms with Crippen molar-refractivity contribution >= 4 is 17.3 Å². The molecule has 1 unspecified atom stereocenters. The molecule has 1 aliphatic heterocycles. The Balaban J connectivity index is 1.63. The molecule has 0 aromatic carbocycles. The molecule has 4 heterocycles. The Morgan fingerprint density at radius 1 is 1.24 bits per heavy atom. The number of pyridine rings is 1. The number of hydrogen-bond acceptors (Lipinski definition) is 5. The van der Waals surface area contributed by atoms with Crippen molar-refractivity contribution < 1.29 is 0 Å². The van der Waals surface area contributed by atoms with Gasteiger partial charge in [-0.15, -0.1) is 0 Å². The van der Waals surface area contributed by atoms with Crippen LogP contribution < -0.4 is 10.6 Å². The minimum absolute atomic E-state index is 0.337. The van der Waals surface area contributed by atoms with Gasteiger partial charge in [0.05, 0.1) is 17.4 Å². The minimum Gasteiger partial charge on any atom is -0.368 e. The van der Waals surface area contributed by atoms with Crippen molar-refractivity contribution in [2.75, 3.05) is 23.7 Å². The van der Waals surface area contributed by atoms with E-state index in [0.29, 0.717) is 17.8 Å². The van der Waals surface area contributed by atoms with Gasteiger partial charge in [0.1, 0.15) is 5.82 Å². The summed E-state index contributed by atoms with van der Waals surface area (Å²) in [7, 11) is 0. The van der Waals surface area contributed by atoms with Crippen LogP contribution in [0.15, 0.2) is 36.7 Å². The summed E-state index contributed by atoms with van der Waals surface area (Å²) in [6, 6.07) is 8.30. The molecule has 0 bridgehead atoms. The first kappa shape index (κ1) is 15.9. The summed E-state index contributed by atoms with van der Waals surface area (Å²) >= 11 is 0. The maximum atomic E-state index is 5.95. The van der Waals surface area contributed by atoms with Crippen LogP contribution in [-0.4, -0.2) is 32.7 Å². The molecule has 6 nitrogen and oxygen atoms in total. The smallest absolute Gasteiger partial charge is 0.222 e. The summed E-state index contributed by atoms with van der Waals surface area (Å²) in [4.78, 5) is 11.2. The van der Waals surface area contributed by atoms with Crippen LogP contribution in [0.5, 0.6) is 0 Å². The fourth-order valence-electron chi connectivity index (χ4n) is 3.64. The largest absolute Gasteiger partial charge is 0.368 e. The predicted molar refractivity (Wildman–Crippen MR) is 99.9 cm³/mol. The lowest BCUT2D eigenvalue weighted by atomic mass is 9.91. The highest BCUT2D eigenvalue weighted by Gasteiger charge is 2.25. The van der Waals surface area contributed by atoms with Gasteiger partial charge < -0.3 is 10.6 Å². The van der Waals surface area contributed by atoms with Gasteiger partial charge in [-0.3, -0.25) is 0 Å².